The number of carboxylic acid groups (broad SMARTS) is 1. The van der Waals surface area contributed by atoms with Gasteiger partial charge in [0.1, 0.15) is 18.4 Å². The highest BCUT2D eigenvalue weighted by atomic mass is 16.4. The summed E-state index contributed by atoms with van der Waals surface area (Å²) in [5.41, 5.74) is 16.7. The predicted octanol–water partition coefficient (Wildman–Crippen LogP) is -1.81. The van der Waals surface area contributed by atoms with Crippen molar-refractivity contribution in [1.82, 2.24) is 21.3 Å². The average molecular weight is 603 g/mol. The van der Waals surface area contributed by atoms with Gasteiger partial charge in [-0.05, 0) is 37.7 Å². The maximum Gasteiger partial charge on any atom is 0.305 e. The normalized spacial score (nSPS) is 15.9. The number of aliphatic imine (C=N–C) groups is 1. The van der Waals surface area contributed by atoms with E-state index in [9.17, 15) is 33.9 Å². The van der Waals surface area contributed by atoms with Crippen LogP contribution >= 0.6 is 0 Å². The molecule has 1 saturated carbocycles. The SMILES string of the molecule is NC(N)=NCCC[C@@H](NC(=O)C1(N)CCCCC1)C(=O)NCC(=O)N[C@H](CC(=O)O)C(=O)N[C@@H](C=O)Cc1ccccc1. The lowest BCUT2D eigenvalue weighted by molar-refractivity contribution is -0.141. The van der Waals surface area contributed by atoms with E-state index >= 15 is 0 Å². The third kappa shape index (κ3) is 12.5. The van der Waals surface area contributed by atoms with E-state index in [1.165, 1.54) is 0 Å². The van der Waals surface area contributed by atoms with Gasteiger partial charge in [-0.15, -0.1) is 0 Å². The van der Waals surface area contributed by atoms with Gasteiger partial charge in [0.2, 0.25) is 23.6 Å². The van der Waals surface area contributed by atoms with E-state index in [0.717, 1.165) is 24.8 Å². The molecular formula is C28H42N8O7. The third-order valence-electron chi connectivity index (χ3n) is 7.01. The van der Waals surface area contributed by atoms with E-state index in [0.29, 0.717) is 25.5 Å². The molecule has 236 valence electrons. The molecule has 2 rings (SSSR count). The van der Waals surface area contributed by atoms with Gasteiger partial charge in [-0.25, -0.2) is 0 Å². The van der Waals surface area contributed by atoms with Gasteiger partial charge in [0, 0.05) is 6.54 Å². The average Bonchev–Trinajstić information content (AvgIpc) is 2.97. The summed E-state index contributed by atoms with van der Waals surface area (Å²) in [5, 5.41) is 19.1. The van der Waals surface area contributed by atoms with Crippen LogP contribution in [0.3, 0.4) is 0 Å². The molecule has 0 radical (unpaired) electrons. The van der Waals surface area contributed by atoms with E-state index in [1.807, 2.05) is 0 Å². The van der Waals surface area contributed by atoms with Crippen LogP contribution in [-0.4, -0.2) is 83.7 Å². The van der Waals surface area contributed by atoms with Crippen molar-refractivity contribution < 1.29 is 33.9 Å². The van der Waals surface area contributed by atoms with Crippen molar-refractivity contribution in [3.05, 3.63) is 35.9 Å². The topological polar surface area (TPSA) is 261 Å². The largest absolute Gasteiger partial charge is 0.481 e. The lowest BCUT2D eigenvalue weighted by Gasteiger charge is -2.33. The van der Waals surface area contributed by atoms with Gasteiger partial charge in [-0.2, -0.15) is 0 Å². The number of benzene rings is 1. The van der Waals surface area contributed by atoms with Gasteiger partial charge in [0.25, 0.3) is 0 Å². The molecule has 0 heterocycles. The van der Waals surface area contributed by atoms with Crippen LogP contribution in [0.2, 0.25) is 0 Å². The molecule has 1 aliphatic carbocycles. The number of nitrogens with two attached hydrogens (primary N) is 3. The maximum absolute atomic E-state index is 13.0. The van der Waals surface area contributed by atoms with Gasteiger partial charge in [-0.1, -0.05) is 49.6 Å². The highest BCUT2D eigenvalue weighted by Gasteiger charge is 2.37. The number of amides is 4. The summed E-state index contributed by atoms with van der Waals surface area (Å²) in [6.45, 7) is -0.411. The van der Waals surface area contributed by atoms with Gasteiger partial charge in [0.15, 0.2) is 5.96 Å². The third-order valence-corrected chi connectivity index (χ3v) is 7.01. The van der Waals surface area contributed by atoms with Crippen molar-refractivity contribution >= 4 is 41.8 Å². The first-order valence-corrected chi connectivity index (χ1v) is 14.2. The van der Waals surface area contributed by atoms with Crippen molar-refractivity contribution in [2.45, 2.75) is 81.5 Å². The van der Waals surface area contributed by atoms with Gasteiger partial charge < -0.3 is 48.4 Å². The Labute approximate surface area is 249 Å². The number of hydrogen-bond acceptors (Lipinski definition) is 8. The molecular weight excluding hydrogens is 560 g/mol. The van der Waals surface area contributed by atoms with E-state index < -0.39 is 66.2 Å². The second-order valence-electron chi connectivity index (χ2n) is 10.6. The number of nitrogens with one attached hydrogen (secondary N) is 4. The Morgan fingerprint density at radius 3 is 2.23 bits per heavy atom. The van der Waals surface area contributed by atoms with Crippen LogP contribution in [0.5, 0.6) is 0 Å². The fourth-order valence-corrected chi connectivity index (χ4v) is 4.69. The molecule has 1 aromatic rings. The molecule has 0 aliphatic heterocycles. The zero-order chi connectivity index (χ0) is 31.8. The highest BCUT2D eigenvalue weighted by molar-refractivity contribution is 5.95. The molecule has 0 unspecified atom stereocenters. The van der Waals surface area contributed by atoms with E-state index in [4.69, 9.17) is 17.2 Å². The Morgan fingerprint density at radius 2 is 1.63 bits per heavy atom. The Morgan fingerprint density at radius 1 is 0.953 bits per heavy atom. The number of carbonyl (C=O) groups excluding carboxylic acids is 5. The number of guanidine groups is 1. The Hall–Kier alpha value is -4.53. The number of carbonyl (C=O) groups is 6. The van der Waals surface area contributed by atoms with Crippen molar-refractivity contribution in [3.63, 3.8) is 0 Å². The van der Waals surface area contributed by atoms with Crippen molar-refractivity contribution in [2.75, 3.05) is 13.1 Å². The number of carboxylic acids is 1. The predicted molar refractivity (Wildman–Crippen MR) is 157 cm³/mol. The number of hydrogen-bond donors (Lipinski definition) is 8. The number of nitrogens with zero attached hydrogens (tertiary/aromatic N) is 1. The molecule has 43 heavy (non-hydrogen) atoms. The fraction of sp³-hybridized carbons (Fsp3) is 0.536. The summed E-state index contributed by atoms with van der Waals surface area (Å²) in [5.74, 6) is -4.37. The van der Waals surface area contributed by atoms with E-state index in [1.54, 1.807) is 30.3 Å². The van der Waals surface area contributed by atoms with Crippen LogP contribution in [-0.2, 0) is 35.2 Å². The summed E-state index contributed by atoms with van der Waals surface area (Å²) in [4.78, 5) is 78.2. The molecule has 15 nitrogen and oxygen atoms in total. The summed E-state index contributed by atoms with van der Waals surface area (Å²) in [6, 6.07) is 5.34. The summed E-state index contributed by atoms with van der Waals surface area (Å²) in [7, 11) is 0. The molecule has 11 N–H and O–H groups in total. The van der Waals surface area contributed by atoms with Gasteiger partial charge in [0.05, 0.1) is 24.5 Å². The summed E-state index contributed by atoms with van der Waals surface area (Å²) < 4.78 is 0. The molecule has 1 fully saturated rings. The molecule has 4 amide bonds. The number of rotatable bonds is 17. The second-order valence-corrected chi connectivity index (χ2v) is 10.6. The zero-order valence-electron chi connectivity index (χ0n) is 24.1. The minimum Gasteiger partial charge on any atom is -0.481 e. The second kappa shape index (κ2) is 17.4. The lowest BCUT2D eigenvalue weighted by Crippen LogP contribution is -2.60. The van der Waals surface area contributed by atoms with E-state index in [-0.39, 0.29) is 25.3 Å². The molecule has 0 aromatic heterocycles. The standard InChI is InChI=1S/C28H42N8O7/c29-27(30)32-13-7-10-20(36-26(43)28(31)11-5-2-6-12-28)24(41)33-16-22(38)35-21(15-23(39)40)25(42)34-19(17-37)14-18-8-3-1-4-9-18/h1,3-4,8-9,17,19-21H,2,5-7,10-16,31H2,(H,33,41)(H,34,42)(H,35,38)(H,36,43)(H,39,40)(H4,29,30,32)/t19-,20-,21-/m1/s1. The van der Waals surface area contributed by atoms with Crippen LogP contribution < -0.4 is 38.5 Å². The molecule has 0 bridgehead atoms. The van der Waals surface area contributed by atoms with Crippen LogP contribution in [0, 0.1) is 0 Å². The zero-order valence-corrected chi connectivity index (χ0v) is 24.1. The van der Waals surface area contributed by atoms with E-state index in [2.05, 4.69) is 26.3 Å². The molecule has 0 spiro atoms. The maximum atomic E-state index is 13.0. The quantitative estimate of drug-likeness (QED) is 0.0429. The summed E-state index contributed by atoms with van der Waals surface area (Å²) in [6.07, 6.45) is 3.91. The van der Waals surface area contributed by atoms with Crippen molar-refractivity contribution in [3.8, 4) is 0 Å². The number of aliphatic carboxylic acids is 1. The summed E-state index contributed by atoms with van der Waals surface area (Å²) >= 11 is 0. The molecule has 1 aromatic carbocycles. The fourth-order valence-electron chi connectivity index (χ4n) is 4.69. The smallest absolute Gasteiger partial charge is 0.305 e. The Balaban J connectivity index is 2.00. The minimum atomic E-state index is -1.52. The minimum absolute atomic E-state index is 0.121. The Bertz CT molecular complexity index is 1150. The molecule has 0 saturated heterocycles. The molecule has 3 atom stereocenters. The van der Waals surface area contributed by atoms with Crippen molar-refractivity contribution in [1.29, 1.82) is 0 Å². The molecule has 15 heteroatoms. The highest BCUT2D eigenvalue weighted by Crippen LogP contribution is 2.26. The van der Waals surface area contributed by atoms with Gasteiger partial charge >= 0.3 is 5.97 Å². The monoisotopic (exact) mass is 602 g/mol. The van der Waals surface area contributed by atoms with Crippen LogP contribution in [0.15, 0.2) is 35.3 Å². The first-order valence-electron chi connectivity index (χ1n) is 14.2. The van der Waals surface area contributed by atoms with Crippen LogP contribution in [0.4, 0.5) is 0 Å². The van der Waals surface area contributed by atoms with Gasteiger partial charge in [-0.3, -0.25) is 29.0 Å². The van der Waals surface area contributed by atoms with Crippen molar-refractivity contribution in [2.24, 2.45) is 22.2 Å². The van der Waals surface area contributed by atoms with Crippen LogP contribution in [0.1, 0.15) is 56.9 Å². The van der Waals surface area contributed by atoms with Crippen LogP contribution in [0.25, 0.3) is 0 Å². The molecule has 1 aliphatic rings. The first kappa shape index (κ1) is 34.7. The Kier molecular flexibility index (Phi) is 14.1. The first-order chi connectivity index (χ1) is 20.4. The lowest BCUT2D eigenvalue weighted by atomic mass is 9.81. The number of aldehydes is 1.